The molecule has 34 heavy (non-hydrogen) atoms. The van der Waals surface area contributed by atoms with Crippen LogP contribution in [0.25, 0.3) is 0 Å². The first-order valence-electron chi connectivity index (χ1n) is 10.6. The molecule has 0 aliphatic carbocycles. The lowest BCUT2D eigenvalue weighted by Gasteiger charge is -2.46. The van der Waals surface area contributed by atoms with Crippen molar-refractivity contribution >= 4 is 36.0 Å². The Morgan fingerprint density at radius 1 is 1.35 bits per heavy atom. The van der Waals surface area contributed by atoms with E-state index in [1.54, 1.807) is 31.2 Å². The van der Waals surface area contributed by atoms with Crippen molar-refractivity contribution in [3.8, 4) is 0 Å². The van der Waals surface area contributed by atoms with E-state index in [-0.39, 0.29) is 36.0 Å². The highest BCUT2D eigenvalue weighted by Gasteiger charge is 2.60. The molecule has 0 spiro atoms. The number of carbonyl (C=O) groups excluding carboxylic acids is 3. The average molecular weight is 486 g/mol. The molecule has 0 saturated carbocycles. The van der Waals surface area contributed by atoms with Crippen LogP contribution in [0.1, 0.15) is 29.9 Å². The third kappa shape index (κ3) is 4.28. The second kappa shape index (κ2) is 9.67. The van der Waals surface area contributed by atoms with Gasteiger partial charge in [-0.05, 0) is 36.8 Å². The molecule has 4 atom stereocenters. The van der Waals surface area contributed by atoms with Crippen molar-refractivity contribution in [2.24, 2.45) is 11.8 Å². The summed E-state index contributed by atoms with van der Waals surface area (Å²) in [6, 6.07) is 6.62. The Balaban J connectivity index is 1.41. The number of thioether (sulfide) groups is 1. The molecule has 3 heterocycles. The van der Waals surface area contributed by atoms with E-state index in [9.17, 15) is 24.3 Å². The predicted octanol–water partition coefficient (Wildman–Crippen LogP) is 1.20. The highest BCUT2D eigenvalue weighted by atomic mass is 32.2. The normalized spacial score (nSPS) is 22.1. The molecular weight excluding hydrogens is 462 g/mol. The van der Waals surface area contributed by atoms with Crippen molar-refractivity contribution in [2.45, 2.75) is 37.4 Å². The maximum Gasteiger partial charge on any atom is 0.352 e. The monoisotopic (exact) mass is 485 g/mol. The largest absolute Gasteiger partial charge is 0.477 e. The number of hydrogen-bond donors (Lipinski definition) is 3. The maximum atomic E-state index is 12.6. The van der Waals surface area contributed by atoms with Gasteiger partial charge in [0.15, 0.2) is 0 Å². The first-order chi connectivity index (χ1) is 16.3. The average Bonchev–Trinajstić information content (AvgIpc) is 3.41. The Bertz CT molecular complexity index is 1130. The van der Waals surface area contributed by atoms with Crippen LogP contribution in [0.15, 0.2) is 46.6 Å². The molecule has 1 aromatic heterocycles. The molecule has 2 aliphatic rings. The number of aromatic nitrogens is 3. The van der Waals surface area contributed by atoms with Gasteiger partial charge in [-0.25, -0.2) is 4.79 Å². The van der Waals surface area contributed by atoms with E-state index < -0.39 is 18.0 Å². The zero-order chi connectivity index (χ0) is 24.4. The summed E-state index contributed by atoms with van der Waals surface area (Å²) in [5.74, 6) is -2.13. The summed E-state index contributed by atoms with van der Waals surface area (Å²) in [4.78, 5) is 49.8. The molecule has 178 valence electrons. The number of ether oxygens (including phenoxy) is 1. The van der Waals surface area contributed by atoms with Crippen LogP contribution in [0.4, 0.5) is 0 Å². The number of carboxylic acids is 1. The summed E-state index contributed by atoms with van der Waals surface area (Å²) in [6.45, 7) is 4.08. The Morgan fingerprint density at radius 3 is 2.71 bits per heavy atom. The lowest BCUT2D eigenvalue weighted by Crippen LogP contribution is -2.63. The number of rotatable bonds is 10. The smallest absolute Gasteiger partial charge is 0.352 e. The van der Waals surface area contributed by atoms with Crippen molar-refractivity contribution in [3.05, 3.63) is 53.0 Å². The fraction of sp³-hybridized carbons (Fsp3) is 0.364. The number of aromatic amines is 1. The molecule has 1 fully saturated rings. The number of H-pyrrole nitrogens is 1. The molecular formula is C22H23N5O6S. The van der Waals surface area contributed by atoms with Crippen LogP contribution in [-0.4, -0.2) is 67.6 Å². The number of benzene rings is 1. The summed E-state index contributed by atoms with van der Waals surface area (Å²) in [5.41, 5.74) is 1.76. The summed E-state index contributed by atoms with van der Waals surface area (Å²) in [6.07, 6.45) is 0.900. The fourth-order valence-corrected chi connectivity index (χ4v) is 5.49. The van der Waals surface area contributed by atoms with Gasteiger partial charge in [0.25, 0.3) is 12.4 Å². The first-order valence-corrected chi connectivity index (χ1v) is 11.6. The third-order valence-corrected chi connectivity index (χ3v) is 7.24. The van der Waals surface area contributed by atoms with Crippen LogP contribution in [0, 0.1) is 11.8 Å². The zero-order valence-electron chi connectivity index (χ0n) is 18.4. The van der Waals surface area contributed by atoms with Crippen molar-refractivity contribution < 1.29 is 29.0 Å². The molecule has 1 saturated heterocycles. The van der Waals surface area contributed by atoms with Gasteiger partial charge in [-0.15, -0.1) is 11.8 Å². The van der Waals surface area contributed by atoms with Gasteiger partial charge in [0.1, 0.15) is 17.5 Å². The standard InChI is InChI=1S/C22H23N5O6S/c1-11-16(19(22(31)32)27-18(11)17(21(27)30)12(2)33-10-28)9-34-15-5-3-13(4-6-15)20(29)23-7-14-8-24-26-25-14/h3-6,8,10-12,17-18H,7,9H2,1-2H3,(H,23,29)(H,31,32)(H,24,25,26)/t11-,12-,17?,18?/m0/s1. The quantitative estimate of drug-likeness (QED) is 0.256. The fourth-order valence-electron chi connectivity index (χ4n) is 4.44. The molecule has 12 heteroatoms. The second-order valence-corrected chi connectivity index (χ2v) is 9.14. The van der Waals surface area contributed by atoms with Gasteiger partial charge in [-0.2, -0.15) is 15.4 Å². The zero-order valence-corrected chi connectivity index (χ0v) is 19.2. The van der Waals surface area contributed by atoms with Crippen molar-refractivity contribution in [1.29, 1.82) is 0 Å². The number of carbonyl (C=O) groups is 4. The summed E-state index contributed by atoms with van der Waals surface area (Å²) in [7, 11) is 0. The Morgan fingerprint density at radius 2 is 2.09 bits per heavy atom. The van der Waals surface area contributed by atoms with Crippen LogP contribution in [0.2, 0.25) is 0 Å². The lowest BCUT2D eigenvalue weighted by molar-refractivity contribution is -0.167. The van der Waals surface area contributed by atoms with Crippen molar-refractivity contribution in [2.75, 3.05) is 5.75 Å². The summed E-state index contributed by atoms with van der Waals surface area (Å²) >= 11 is 1.43. The number of fused-ring (bicyclic) bond motifs is 1. The first kappa shape index (κ1) is 23.5. The van der Waals surface area contributed by atoms with E-state index >= 15 is 0 Å². The minimum Gasteiger partial charge on any atom is -0.477 e. The predicted molar refractivity (Wildman–Crippen MR) is 119 cm³/mol. The van der Waals surface area contributed by atoms with Gasteiger partial charge >= 0.3 is 5.97 Å². The molecule has 3 N–H and O–H groups in total. The number of hydrogen-bond acceptors (Lipinski definition) is 8. The Kier molecular flexibility index (Phi) is 6.68. The molecule has 1 aromatic carbocycles. The third-order valence-electron chi connectivity index (χ3n) is 6.18. The van der Waals surface area contributed by atoms with Gasteiger partial charge in [0.2, 0.25) is 5.91 Å². The molecule has 0 bridgehead atoms. The number of amides is 2. The second-order valence-electron chi connectivity index (χ2n) is 8.09. The van der Waals surface area contributed by atoms with Crippen LogP contribution in [0.3, 0.4) is 0 Å². The molecule has 2 amide bonds. The maximum absolute atomic E-state index is 12.6. The minimum absolute atomic E-state index is 0.00778. The molecule has 2 aromatic rings. The molecule has 11 nitrogen and oxygen atoms in total. The van der Waals surface area contributed by atoms with Crippen LogP contribution < -0.4 is 5.32 Å². The van der Waals surface area contributed by atoms with Crippen LogP contribution >= 0.6 is 11.8 Å². The summed E-state index contributed by atoms with van der Waals surface area (Å²) < 4.78 is 4.96. The van der Waals surface area contributed by atoms with Gasteiger partial charge in [0.05, 0.1) is 24.7 Å². The van der Waals surface area contributed by atoms with E-state index in [4.69, 9.17) is 4.74 Å². The van der Waals surface area contributed by atoms with Gasteiger partial charge in [-0.3, -0.25) is 14.4 Å². The van der Waals surface area contributed by atoms with E-state index in [0.717, 1.165) is 4.90 Å². The number of aliphatic carboxylic acids is 1. The Hall–Kier alpha value is -3.67. The number of carboxylic acid groups (broad SMARTS) is 1. The lowest BCUT2D eigenvalue weighted by atomic mass is 9.78. The van der Waals surface area contributed by atoms with Crippen LogP contribution in [0.5, 0.6) is 0 Å². The SMILES string of the molecule is C[C@H](OC=O)C1C(=O)N2C(C(=O)O)=C(CSc3ccc(C(=O)NCc4cn[nH]n4)cc3)[C@H](C)C12. The number of nitrogens with one attached hydrogen (secondary N) is 2. The highest BCUT2D eigenvalue weighted by Crippen LogP contribution is 2.48. The number of nitrogens with zero attached hydrogens (tertiary/aromatic N) is 3. The van der Waals surface area contributed by atoms with Gasteiger partial charge in [0, 0.05) is 22.1 Å². The Labute approximate surface area is 198 Å². The molecule has 0 radical (unpaired) electrons. The van der Waals surface area contributed by atoms with Crippen molar-refractivity contribution in [3.63, 3.8) is 0 Å². The van der Waals surface area contributed by atoms with Crippen molar-refractivity contribution in [1.82, 2.24) is 25.6 Å². The summed E-state index contributed by atoms with van der Waals surface area (Å²) in [5, 5.41) is 22.6. The van der Waals surface area contributed by atoms with Gasteiger partial charge < -0.3 is 20.1 Å². The van der Waals surface area contributed by atoms with E-state index in [1.807, 2.05) is 6.92 Å². The van der Waals surface area contributed by atoms with Gasteiger partial charge in [-0.1, -0.05) is 6.92 Å². The molecule has 2 aliphatic heterocycles. The van der Waals surface area contributed by atoms with E-state index in [1.165, 1.54) is 22.9 Å². The molecule has 4 rings (SSSR count). The van der Waals surface area contributed by atoms with E-state index in [2.05, 4.69) is 20.7 Å². The van der Waals surface area contributed by atoms with E-state index in [0.29, 0.717) is 29.1 Å². The highest BCUT2D eigenvalue weighted by molar-refractivity contribution is 7.99. The number of β-lactam (4-membered cyclic amide) rings is 1. The topological polar surface area (TPSA) is 155 Å². The van der Waals surface area contributed by atoms with Crippen LogP contribution in [-0.2, 0) is 25.7 Å². The molecule has 2 unspecified atom stereocenters. The minimum atomic E-state index is -1.15.